The SMILES string of the molecule is O=C(NCC12CC3CC(CC(C3)C1)C2)c1sccc1S(=O)(=O)N1CCOCC1. The molecule has 5 aliphatic rings. The molecule has 6 nitrogen and oxygen atoms in total. The van der Waals surface area contributed by atoms with Gasteiger partial charge >= 0.3 is 0 Å². The first kappa shape index (κ1) is 19.0. The molecule has 4 bridgehead atoms. The average Bonchev–Trinajstić information content (AvgIpc) is 3.17. The highest BCUT2D eigenvalue weighted by Crippen LogP contribution is 2.59. The minimum atomic E-state index is -3.65. The fourth-order valence-electron chi connectivity index (χ4n) is 6.45. The zero-order chi connectivity index (χ0) is 19.4. The Morgan fingerprint density at radius 1 is 1.14 bits per heavy atom. The second kappa shape index (κ2) is 7.07. The number of hydrogen-bond donors (Lipinski definition) is 1. The number of carbonyl (C=O) groups excluding carboxylic acids is 1. The summed E-state index contributed by atoms with van der Waals surface area (Å²) in [7, 11) is -3.65. The number of nitrogens with one attached hydrogen (secondary N) is 1. The number of amides is 1. The van der Waals surface area contributed by atoms with Crippen molar-refractivity contribution in [1.82, 2.24) is 9.62 Å². The van der Waals surface area contributed by atoms with Gasteiger partial charge in [0.1, 0.15) is 9.77 Å². The van der Waals surface area contributed by atoms with Gasteiger partial charge in [0.15, 0.2) is 0 Å². The molecule has 0 radical (unpaired) electrons. The fraction of sp³-hybridized carbons (Fsp3) is 0.750. The predicted molar refractivity (Wildman–Crippen MR) is 107 cm³/mol. The van der Waals surface area contributed by atoms with Crippen LogP contribution >= 0.6 is 11.3 Å². The molecule has 1 aliphatic heterocycles. The standard InChI is InChI=1S/C20H28N2O4S2/c23-19(21-13-20-10-14-7-15(11-20)9-16(8-14)12-20)18-17(1-6-27-18)28(24,25)22-2-4-26-5-3-22/h1,6,14-16H,2-5,7-13H2,(H,21,23). The largest absolute Gasteiger partial charge is 0.379 e. The van der Waals surface area contributed by atoms with Crippen molar-refractivity contribution in [2.45, 2.75) is 43.4 Å². The molecular formula is C20H28N2O4S2. The lowest BCUT2D eigenvalue weighted by atomic mass is 9.49. The highest BCUT2D eigenvalue weighted by Gasteiger charge is 2.50. The molecule has 1 aromatic heterocycles. The number of thiophene rings is 1. The molecule has 4 saturated carbocycles. The maximum absolute atomic E-state index is 13.0. The highest BCUT2D eigenvalue weighted by atomic mass is 32.2. The van der Waals surface area contributed by atoms with Gasteiger partial charge < -0.3 is 10.1 Å². The topological polar surface area (TPSA) is 75.7 Å². The number of nitrogens with zero attached hydrogens (tertiary/aromatic N) is 1. The Morgan fingerprint density at radius 2 is 1.75 bits per heavy atom. The van der Waals surface area contributed by atoms with E-state index >= 15 is 0 Å². The van der Waals surface area contributed by atoms with E-state index in [1.165, 1.54) is 54.2 Å². The third-order valence-electron chi connectivity index (χ3n) is 7.21. The lowest BCUT2D eigenvalue weighted by Crippen LogP contribution is -2.51. The minimum Gasteiger partial charge on any atom is -0.379 e. The number of morpholine rings is 1. The van der Waals surface area contributed by atoms with Crippen molar-refractivity contribution in [3.05, 3.63) is 16.3 Å². The van der Waals surface area contributed by atoms with Gasteiger partial charge in [-0.1, -0.05) is 0 Å². The Hall–Kier alpha value is -0.960. The van der Waals surface area contributed by atoms with E-state index in [1.54, 1.807) is 11.4 Å². The van der Waals surface area contributed by atoms with Crippen LogP contribution in [-0.2, 0) is 14.8 Å². The normalized spacial score (nSPS) is 35.2. The molecule has 0 aromatic carbocycles. The van der Waals surface area contributed by atoms with Crippen LogP contribution < -0.4 is 5.32 Å². The van der Waals surface area contributed by atoms with Crippen molar-refractivity contribution in [3.8, 4) is 0 Å². The summed E-state index contributed by atoms with van der Waals surface area (Å²) in [4.78, 5) is 13.4. The number of ether oxygens (including phenoxy) is 1. The van der Waals surface area contributed by atoms with Crippen LogP contribution in [0.4, 0.5) is 0 Å². The third-order valence-corrected chi connectivity index (χ3v) is 10.2. The monoisotopic (exact) mass is 424 g/mol. The Balaban J connectivity index is 1.30. The molecule has 0 unspecified atom stereocenters. The van der Waals surface area contributed by atoms with Crippen molar-refractivity contribution in [2.24, 2.45) is 23.2 Å². The molecule has 0 atom stereocenters. The zero-order valence-corrected chi connectivity index (χ0v) is 17.7. The number of carbonyl (C=O) groups is 1. The summed E-state index contributed by atoms with van der Waals surface area (Å²) in [5, 5.41) is 4.82. The van der Waals surface area contributed by atoms with E-state index in [4.69, 9.17) is 4.74 Å². The van der Waals surface area contributed by atoms with E-state index in [9.17, 15) is 13.2 Å². The van der Waals surface area contributed by atoms with Gasteiger partial charge in [-0.05, 0) is 73.1 Å². The van der Waals surface area contributed by atoms with Gasteiger partial charge in [-0.2, -0.15) is 4.31 Å². The van der Waals surface area contributed by atoms with Crippen molar-refractivity contribution >= 4 is 27.3 Å². The third kappa shape index (κ3) is 3.32. The number of hydrogen-bond acceptors (Lipinski definition) is 5. The van der Waals surface area contributed by atoms with E-state index < -0.39 is 10.0 Å². The van der Waals surface area contributed by atoms with Crippen molar-refractivity contribution < 1.29 is 17.9 Å². The first-order valence-electron chi connectivity index (χ1n) is 10.4. The Labute approximate surface area is 170 Å². The summed E-state index contributed by atoms with van der Waals surface area (Å²) in [5.41, 5.74) is 0.241. The fourth-order valence-corrected chi connectivity index (χ4v) is 9.17. The smallest absolute Gasteiger partial charge is 0.262 e. The van der Waals surface area contributed by atoms with Gasteiger partial charge in [0, 0.05) is 19.6 Å². The summed E-state index contributed by atoms with van der Waals surface area (Å²) in [6.07, 6.45) is 7.80. The van der Waals surface area contributed by atoms with E-state index in [0.29, 0.717) is 37.7 Å². The molecule has 4 aliphatic carbocycles. The molecule has 8 heteroatoms. The molecular weight excluding hydrogens is 396 g/mol. The van der Waals surface area contributed by atoms with Crippen LogP contribution in [0.2, 0.25) is 0 Å². The van der Waals surface area contributed by atoms with Crippen LogP contribution in [0.1, 0.15) is 48.2 Å². The Morgan fingerprint density at radius 3 is 2.36 bits per heavy atom. The van der Waals surface area contributed by atoms with Gasteiger partial charge in [0.2, 0.25) is 10.0 Å². The number of rotatable bonds is 5. The van der Waals surface area contributed by atoms with Crippen LogP contribution in [0.3, 0.4) is 0 Å². The van der Waals surface area contributed by atoms with Gasteiger partial charge in [0.25, 0.3) is 5.91 Å². The molecule has 1 saturated heterocycles. The Bertz CT molecular complexity index is 822. The molecule has 5 fully saturated rings. The summed E-state index contributed by atoms with van der Waals surface area (Å²) in [5.74, 6) is 2.27. The molecule has 1 aromatic rings. The van der Waals surface area contributed by atoms with E-state index in [2.05, 4.69) is 5.32 Å². The second-order valence-corrected chi connectivity index (χ2v) is 12.1. The first-order valence-corrected chi connectivity index (χ1v) is 12.7. The van der Waals surface area contributed by atoms with Crippen LogP contribution in [-0.4, -0.2) is 51.5 Å². The summed E-state index contributed by atoms with van der Waals surface area (Å²) in [6.45, 7) is 2.16. The maximum atomic E-state index is 13.0. The summed E-state index contributed by atoms with van der Waals surface area (Å²) < 4.78 is 32.7. The quantitative estimate of drug-likeness (QED) is 0.789. The molecule has 2 heterocycles. The second-order valence-electron chi connectivity index (χ2n) is 9.23. The van der Waals surface area contributed by atoms with Crippen LogP contribution in [0.25, 0.3) is 0 Å². The van der Waals surface area contributed by atoms with Crippen LogP contribution in [0, 0.1) is 23.2 Å². The van der Waals surface area contributed by atoms with Gasteiger partial charge in [-0.3, -0.25) is 4.79 Å². The highest BCUT2D eigenvalue weighted by molar-refractivity contribution is 7.89. The molecule has 1 amide bonds. The van der Waals surface area contributed by atoms with Crippen LogP contribution in [0.15, 0.2) is 16.3 Å². The van der Waals surface area contributed by atoms with Crippen molar-refractivity contribution in [1.29, 1.82) is 0 Å². The van der Waals surface area contributed by atoms with E-state index in [0.717, 1.165) is 17.8 Å². The maximum Gasteiger partial charge on any atom is 0.262 e. The minimum absolute atomic E-state index is 0.141. The molecule has 154 valence electrons. The summed E-state index contributed by atoms with van der Waals surface area (Å²) >= 11 is 1.22. The first-order chi connectivity index (χ1) is 13.5. The van der Waals surface area contributed by atoms with Gasteiger partial charge in [-0.15, -0.1) is 11.3 Å². The molecule has 1 N–H and O–H groups in total. The van der Waals surface area contributed by atoms with E-state index in [1.807, 2.05) is 0 Å². The Kier molecular flexibility index (Phi) is 4.81. The van der Waals surface area contributed by atoms with E-state index in [-0.39, 0.29) is 16.2 Å². The lowest BCUT2D eigenvalue weighted by Gasteiger charge is -2.56. The summed E-state index contributed by atoms with van der Waals surface area (Å²) in [6, 6.07) is 1.56. The average molecular weight is 425 g/mol. The zero-order valence-electron chi connectivity index (χ0n) is 16.1. The lowest BCUT2D eigenvalue weighted by molar-refractivity contribution is -0.0503. The van der Waals surface area contributed by atoms with Crippen molar-refractivity contribution in [2.75, 3.05) is 32.8 Å². The van der Waals surface area contributed by atoms with Crippen LogP contribution in [0.5, 0.6) is 0 Å². The van der Waals surface area contributed by atoms with Gasteiger partial charge in [0.05, 0.1) is 13.2 Å². The molecule has 28 heavy (non-hydrogen) atoms. The predicted octanol–water partition coefficient (Wildman–Crippen LogP) is 2.72. The molecule has 0 spiro atoms. The van der Waals surface area contributed by atoms with Crippen molar-refractivity contribution in [3.63, 3.8) is 0 Å². The molecule has 6 rings (SSSR count). The number of sulfonamides is 1. The van der Waals surface area contributed by atoms with Gasteiger partial charge in [-0.25, -0.2) is 8.42 Å².